The largest absolute Gasteiger partial charge is 0.393 e. The molecule has 0 aromatic carbocycles. The third kappa shape index (κ3) is 3.46. The number of aryl methyl sites for hydroxylation is 2. The molecule has 0 radical (unpaired) electrons. The first-order chi connectivity index (χ1) is 9.91. The average molecular weight is 294 g/mol. The third-order valence-electron chi connectivity index (χ3n) is 4.65. The minimum Gasteiger partial charge on any atom is -0.393 e. The van der Waals surface area contributed by atoms with Gasteiger partial charge in [-0.3, -0.25) is 4.79 Å². The van der Waals surface area contributed by atoms with E-state index in [-0.39, 0.29) is 23.8 Å². The van der Waals surface area contributed by atoms with Gasteiger partial charge in [-0.1, -0.05) is 18.0 Å². The Hall–Kier alpha value is -1.36. The highest BCUT2D eigenvalue weighted by molar-refractivity contribution is 5.83. The molecule has 1 amide bonds. The number of amides is 1. The number of aliphatic hydroxyl groups excluding tert-OH is 1. The molecule has 21 heavy (non-hydrogen) atoms. The molecule has 5 heteroatoms. The van der Waals surface area contributed by atoms with Gasteiger partial charge in [0.2, 0.25) is 5.91 Å². The third-order valence-corrected chi connectivity index (χ3v) is 4.65. The van der Waals surface area contributed by atoms with Gasteiger partial charge in [-0.25, -0.2) is 0 Å². The summed E-state index contributed by atoms with van der Waals surface area (Å²) in [6.45, 7) is 6.21. The molecule has 1 aromatic rings. The maximum absolute atomic E-state index is 12.6. The monoisotopic (exact) mass is 294 g/mol. The van der Waals surface area contributed by atoms with E-state index < -0.39 is 0 Å². The summed E-state index contributed by atoms with van der Waals surface area (Å²) >= 11 is 0. The molecule has 0 aliphatic heterocycles. The van der Waals surface area contributed by atoms with Crippen molar-refractivity contribution in [3.05, 3.63) is 17.0 Å². The summed E-state index contributed by atoms with van der Waals surface area (Å²) in [6.07, 6.45) is 3.81. The summed E-state index contributed by atoms with van der Waals surface area (Å²) in [4.78, 5) is 14.3. The topological polar surface area (TPSA) is 66.6 Å². The highest BCUT2D eigenvalue weighted by Crippen LogP contribution is 2.28. The summed E-state index contributed by atoms with van der Waals surface area (Å²) < 4.78 is 5.15. The number of hydrogen-bond donors (Lipinski definition) is 1. The Morgan fingerprint density at radius 2 is 2.10 bits per heavy atom. The van der Waals surface area contributed by atoms with E-state index in [4.69, 9.17) is 4.52 Å². The van der Waals surface area contributed by atoms with Crippen LogP contribution in [0.4, 0.5) is 0 Å². The Kier molecular flexibility index (Phi) is 5.04. The number of likely N-dealkylation sites (N-methyl/N-ethyl adjacent to an activating group) is 1. The van der Waals surface area contributed by atoms with Crippen LogP contribution in [0.1, 0.15) is 55.5 Å². The Morgan fingerprint density at radius 3 is 2.67 bits per heavy atom. The van der Waals surface area contributed by atoms with Crippen LogP contribution in [0.5, 0.6) is 0 Å². The first-order valence-electron chi connectivity index (χ1n) is 7.77. The number of hydrogen-bond acceptors (Lipinski definition) is 4. The zero-order chi connectivity index (χ0) is 15.6. The lowest BCUT2D eigenvalue weighted by molar-refractivity contribution is -0.132. The van der Waals surface area contributed by atoms with Crippen LogP contribution in [0.15, 0.2) is 4.52 Å². The predicted octanol–water partition coefficient (Wildman–Crippen LogP) is 2.40. The van der Waals surface area contributed by atoms with Crippen molar-refractivity contribution < 1.29 is 14.4 Å². The van der Waals surface area contributed by atoms with Crippen molar-refractivity contribution in [2.45, 2.75) is 58.5 Å². The van der Waals surface area contributed by atoms with E-state index in [2.05, 4.69) is 5.16 Å². The van der Waals surface area contributed by atoms with Crippen molar-refractivity contribution in [1.29, 1.82) is 0 Å². The molecule has 0 saturated heterocycles. The smallest absolute Gasteiger partial charge is 0.229 e. The fraction of sp³-hybridized carbons (Fsp3) is 0.750. The van der Waals surface area contributed by atoms with E-state index in [1.807, 2.05) is 27.8 Å². The standard InChI is InChI=1S/C16H26N2O3/c1-10(15-11(2)17-21-12(15)3)16(20)18(4)9-13-7-5-6-8-14(13)19/h10,13-14,19H,5-9H2,1-4H3. The highest BCUT2D eigenvalue weighted by Gasteiger charge is 2.29. The van der Waals surface area contributed by atoms with Crippen LogP contribution in [0, 0.1) is 19.8 Å². The number of aromatic nitrogens is 1. The zero-order valence-electron chi connectivity index (χ0n) is 13.4. The Morgan fingerprint density at radius 1 is 1.43 bits per heavy atom. The van der Waals surface area contributed by atoms with E-state index in [1.165, 1.54) is 0 Å². The zero-order valence-corrected chi connectivity index (χ0v) is 13.4. The SMILES string of the molecule is Cc1noc(C)c1C(C)C(=O)N(C)CC1CCCCC1O. The van der Waals surface area contributed by atoms with Crippen LogP contribution in [0.2, 0.25) is 0 Å². The molecule has 0 spiro atoms. The molecular weight excluding hydrogens is 268 g/mol. The minimum atomic E-state index is -0.275. The van der Waals surface area contributed by atoms with Gasteiger partial charge in [-0.2, -0.15) is 0 Å². The van der Waals surface area contributed by atoms with Crippen LogP contribution in [-0.2, 0) is 4.79 Å². The fourth-order valence-corrected chi connectivity index (χ4v) is 3.41. The molecule has 1 aliphatic rings. The normalized spacial score (nSPS) is 23.9. The molecule has 3 unspecified atom stereocenters. The van der Waals surface area contributed by atoms with Crippen molar-refractivity contribution in [1.82, 2.24) is 10.1 Å². The van der Waals surface area contributed by atoms with Gasteiger partial charge in [0.25, 0.3) is 0 Å². The molecule has 118 valence electrons. The molecule has 1 aliphatic carbocycles. The molecule has 3 atom stereocenters. The van der Waals surface area contributed by atoms with Crippen molar-refractivity contribution >= 4 is 5.91 Å². The highest BCUT2D eigenvalue weighted by atomic mass is 16.5. The van der Waals surface area contributed by atoms with Crippen molar-refractivity contribution in [2.24, 2.45) is 5.92 Å². The first-order valence-corrected chi connectivity index (χ1v) is 7.77. The maximum Gasteiger partial charge on any atom is 0.229 e. The lowest BCUT2D eigenvalue weighted by atomic mass is 9.86. The maximum atomic E-state index is 12.6. The average Bonchev–Trinajstić information content (AvgIpc) is 2.79. The van der Waals surface area contributed by atoms with Gasteiger partial charge in [-0.05, 0) is 33.6 Å². The van der Waals surface area contributed by atoms with Crippen LogP contribution in [-0.4, -0.2) is 40.8 Å². The van der Waals surface area contributed by atoms with Crippen LogP contribution in [0.3, 0.4) is 0 Å². The van der Waals surface area contributed by atoms with Crippen LogP contribution >= 0.6 is 0 Å². The summed E-state index contributed by atoms with van der Waals surface area (Å²) in [5.41, 5.74) is 1.66. The molecule has 0 bridgehead atoms. The number of rotatable bonds is 4. The molecule has 1 N–H and O–H groups in total. The second-order valence-electron chi connectivity index (χ2n) is 6.29. The lowest BCUT2D eigenvalue weighted by Crippen LogP contribution is -2.39. The number of aliphatic hydroxyl groups is 1. The van der Waals surface area contributed by atoms with Gasteiger partial charge < -0.3 is 14.5 Å². The molecule has 2 rings (SSSR count). The van der Waals surface area contributed by atoms with Gasteiger partial charge in [0, 0.05) is 25.1 Å². The van der Waals surface area contributed by atoms with Gasteiger partial charge in [-0.15, -0.1) is 0 Å². The van der Waals surface area contributed by atoms with Gasteiger partial charge in [0.1, 0.15) is 5.76 Å². The van der Waals surface area contributed by atoms with Crippen molar-refractivity contribution in [3.63, 3.8) is 0 Å². The molecule has 1 saturated carbocycles. The van der Waals surface area contributed by atoms with E-state index in [1.54, 1.807) is 4.90 Å². The van der Waals surface area contributed by atoms with Gasteiger partial charge in [0.05, 0.1) is 17.7 Å². The second-order valence-corrected chi connectivity index (χ2v) is 6.29. The first kappa shape index (κ1) is 16.0. The summed E-state index contributed by atoms with van der Waals surface area (Å²) in [6, 6.07) is 0. The molecule has 1 heterocycles. The summed E-state index contributed by atoms with van der Waals surface area (Å²) in [7, 11) is 1.82. The van der Waals surface area contributed by atoms with E-state index in [0.29, 0.717) is 12.3 Å². The van der Waals surface area contributed by atoms with Crippen LogP contribution < -0.4 is 0 Å². The van der Waals surface area contributed by atoms with E-state index >= 15 is 0 Å². The predicted molar refractivity (Wildman–Crippen MR) is 80.0 cm³/mol. The fourth-order valence-electron chi connectivity index (χ4n) is 3.41. The number of nitrogens with zero attached hydrogens (tertiary/aromatic N) is 2. The minimum absolute atomic E-state index is 0.0576. The number of carbonyl (C=O) groups excluding carboxylic acids is 1. The van der Waals surface area contributed by atoms with Crippen LogP contribution in [0.25, 0.3) is 0 Å². The van der Waals surface area contributed by atoms with Crippen molar-refractivity contribution in [3.8, 4) is 0 Å². The molecule has 1 fully saturated rings. The summed E-state index contributed by atoms with van der Waals surface area (Å²) in [5.74, 6) is 0.702. The number of carbonyl (C=O) groups is 1. The van der Waals surface area contributed by atoms with E-state index in [0.717, 1.165) is 36.9 Å². The van der Waals surface area contributed by atoms with E-state index in [9.17, 15) is 9.90 Å². The molecule has 1 aromatic heterocycles. The Bertz CT molecular complexity index is 478. The summed E-state index contributed by atoms with van der Waals surface area (Å²) in [5, 5.41) is 14.0. The second kappa shape index (κ2) is 6.60. The Labute approximate surface area is 126 Å². The Balaban J connectivity index is 2.01. The van der Waals surface area contributed by atoms with Gasteiger partial charge in [0.15, 0.2) is 0 Å². The van der Waals surface area contributed by atoms with Crippen molar-refractivity contribution in [2.75, 3.05) is 13.6 Å². The molecular formula is C16H26N2O3. The quantitative estimate of drug-likeness (QED) is 0.926. The lowest BCUT2D eigenvalue weighted by Gasteiger charge is -2.32. The van der Waals surface area contributed by atoms with Gasteiger partial charge >= 0.3 is 0 Å². The molecule has 5 nitrogen and oxygen atoms in total.